The Hall–Kier alpha value is -1.06. The maximum atomic E-state index is 11.0. The van der Waals surface area contributed by atoms with Crippen LogP contribution in [0, 0.1) is 0 Å². The normalized spacial score (nSPS) is 9.38. The molecule has 0 aliphatic carbocycles. The predicted molar refractivity (Wildman–Crippen MR) is 51.2 cm³/mol. The average molecular weight is 186 g/mol. The van der Waals surface area contributed by atoms with Gasteiger partial charge in [0, 0.05) is 13.1 Å². The Balaban J connectivity index is 3.51. The maximum absolute atomic E-state index is 11.0. The van der Waals surface area contributed by atoms with Gasteiger partial charge in [-0.25, -0.2) is 0 Å². The molecule has 0 aliphatic rings. The number of carbonyl (C=O) groups is 2. The number of hydrogen-bond acceptors (Lipinski definition) is 2. The molecule has 13 heavy (non-hydrogen) atoms. The van der Waals surface area contributed by atoms with Crippen LogP contribution in [0.1, 0.15) is 33.1 Å². The first kappa shape index (κ1) is 11.9. The molecular weight excluding hydrogens is 168 g/mol. The second-order valence-corrected chi connectivity index (χ2v) is 2.87. The van der Waals surface area contributed by atoms with Gasteiger partial charge in [0.1, 0.15) is 0 Å². The summed E-state index contributed by atoms with van der Waals surface area (Å²) >= 11 is 0. The molecule has 0 rings (SSSR count). The van der Waals surface area contributed by atoms with Crippen molar-refractivity contribution in [2.24, 2.45) is 0 Å². The fourth-order valence-corrected chi connectivity index (χ4v) is 0.778. The van der Waals surface area contributed by atoms with Crippen LogP contribution in [0.15, 0.2) is 0 Å². The number of hydrogen-bond donors (Lipinski definition) is 2. The van der Waals surface area contributed by atoms with Gasteiger partial charge in [0.15, 0.2) is 0 Å². The highest BCUT2D eigenvalue weighted by Gasteiger charge is 2.10. The van der Waals surface area contributed by atoms with Crippen molar-refractivity contribution >= 4 is 11.8 Å². The Morgan fingerprint density at radius 2 is 1.46 bits per heavy atom. The molecule has 4 heteroatoms. The quantitative estimate of drug-likeness (QED) is 0.483. The molecule has 0 bridgehead atoms. The fraction of sp³-hybridized carbons (Fsp3) is 0.778. The van der Waals surface area contributed by atoms with Crippen LogP contribution < -0.4 is 10.6 Å². The summed E-state index contributed by atoms with van der Waals surface area (Å²) in [6, 6.07) is 0. The largest absolute Gasteiger partial charge is 0.348 e. The number of unbranched alkanes of at least 4 members (excludes halogenated alkanes) is 1. The summed E-state index contributed by atoms with van der Waals surface area (Å²) in [4.78, 5) is 22.0. The van der Waals surface area contributed by atoms with E-state index in [1.54, 1.807) is 0 Å². The van der Waals surface area contributed by atoms with Gasteiger partial charge in [0.25, 0.3) is 0 Å². The van der Waals surface area contributed by atoms with E-state index in [0.717, 1.165) is 19.3 Å². The zero-order valence-corrected chi connectivity index (χ0v) is 8.35. The molecule has 0 unspecified atom stereocenters. The van der Waals surface area contributed by atoms with Crippen LogP contribution in [0.25, 0.3) is 0 Å². The van der Waals surface area contributed by atoms with Gasteiger partial charge in [-0.2, -0.15) is 0 Å². The lowest BCUT2D eigenvalue weighted by Gasteiger charge is -2.04. The average Bonchev–Trinajstić information content (AvgIpc) is 2.14. The standard InChI is InChI=1S/C9H18N2O2/c1-3-5-7-11-9(13)8(12)10-6-4-2/h3-7H2,1-2H3,(H,10,12)(H,11,13). The SMILES string of the molecule is CCCCNC(=O)C(=O)NCCC. The van der Waals surface area contributed by atoms with E-state index in [0.29, 0.717) is 13.1 Å². The summed E-state index contributed by atoms with van der Waals surface area (Å²) in [5.41, 5.74) is 0. The zero-order chi connectivity index (χ0) is 10.1. The van der Waals surface area contributed by atoms with Crippen molar-refractivity contribution in [3.63, 3.8) is 0 Å². The number of nitrogens with one attached hydrogen (secondary N) is 2. The van der Waals surface area contributed by atoms with Crippen molar-refractivity contribution in [3.8, 4) is 0 Å². The highest BCUT2D eigenvalue weighted by Crippen LogP contribution is 1.82. The minimum absolute atomic E-state index is 0.526. The summed E-state index contributed by atoms with van der Waals surface area (Å²) in [5.74, 6) is -1.06. The molecule has 0 aromatic rings. The second kappa shape index (κ2) is 7.58. The van der Waals surface area contributed by atoms with Gasteiger partial charge < -0.3 is 10.6 Å². The van der Waals surface area contributed by atoms with E-state index < -0.39 is 11.8 Å². The summed E-state index contributed by atoms with van der Waals surface area (Å²) < 4.78 is 0. The third-order valence-electron chi connectivity index (χ3n) is 1.56. The van der Waals surface area contributed by atoms with Crippen LogP contribution >= 0.6 is 0 Å². The molecule has 2 amide bonds. The van der Waals surface area contributed by atoms with Gasteiger partial charge in [-0.3, -0.25) is 9.59 Å². The highest BCUT2D eigenvalue weighted by atomic mass is 16.2. The molecule has 0 saturated carbocycles. The van der Waals surface area contributed by atoms with Gasteiger partial charge in [-0.15, -0.1) is 0 Å². The first-order valence-corrected chi connectivity index (χ1v) is 4.78. The Kier molecular flexibility index (Phi) is 6.96. The number of amides is 2. The van der Waals surface area contributed by atoms with Gasteiger partial charge >= 0.3 is 11.8 Å². The molecule has 0 saturated heterocycles. The Morgan fingerprint density at radius 1 is 0.923 bits per heavy atom. The third kappa shape index (κ3) is 6.13. The molecule has 0 fully saturated rings. The molecule has 0 atom stereocenters. The second-order valence-electron chi connectivity index (χ2n) is 2.87. The lowest BCUT2D eigenvalue weighted by molar-refractivity contribution is -0.139. The van der Waals surface area contributed by atoms with E-state index in [1.165, 1.54) is 0 Å². The van der Waals surface area contributed by atoms with Crippen LogP contribution in [-0.2, 0) is 9.59 Å². The zero-order valence-electron chi connectivity index (χ0n) is 8.35. The topological polar surface area (TPSA) is 58.2 Å². The van der Waals surface area contributed by atoms with Crippen molar-refractivity contribution in [2.45, 2.75) is 33.1 Å². The summed E-state index contributed by atoms with van der Waals surface area (Å²) in [6.45, 7) is 5.10. The molecular formula is C9H18N2O2. The predicted octanol–water partition coefficient (Wildman–Crippen LogP) is 0.429. The maximum Gasteiger partial charge on any atom is 0.309 e. The van der Waals surface area contributed by atoms with Gasteiger partial charge in [-0.05, 0) is 12.8 Å². The van der Waals surface area contributed by atoms with Crippen molar-refractivity contribution < 1.29 is 9.59 Å². The Bertz CT molecular complexity index is 169. The van der Waals surface area contributed by atoms with Crippen molar-refractivity contribution in [1.29, 1.82) is 0 Å². The van der Waals surface area contributed by atoms with Crippen LogP contribution in [0.3, 0.4) is 0 Å². The minimum Gasteiger partial charge on any atom is -0.348 e. The Labute approximate surface area is 79.1 Å². The minimum atomic E-state index is -0.530. The molecule has 76 valence electrons. The van der Waals surface area contributed by atoms with Crippen molar-refractivity contribution in [2.75, 3.05) is 13.1 Å². The van der Waals surface area contributed by atoms with Crippen LogP contribution in [-0.4, -0.2) is 24.9 Å². The number of rotatable bonds is 5. The molecule has 0 radical (unpaired) electrons. The van der Waals surface area contributed by atoms with Crippen LogP contribution in [0.4, 0.5) is 0 Å². The molecule has 4 nitrogen and oxygen atoms in total. The van der Waals surface area contributed by atoms with E-state index in [-0.39, 0.29) is 0 Å². The molecule has 2 N–H and O–H groups in total. The summed E-state index contributed by atoms with van der Waals surface area (Å²) in [7, 11) is 0. The Morgan fingerprint density at radius 3 is 1.92 bits per heavy atom. The van der Waals surface area contributed by atoms with Crippen LogP contribution in [0.2, 0.25) is 0 Å². The summed E-state index contributed by atoms with van der Waals surface area (Å²) in [6.07, 6.45) is 2.76. The van der Waals surface area contributed by atoms with Gasteiger partial charge in [0.05, 0.1) is 0 Å². The van der Waals surface area contributed by atoms with Gasteiger partial charge in [-0.1, -0.05) is 20.3 Å². The van der Waals surface area contributed by atoms with E-state index >= 15 is 0 Å². The molecule has 0 heterocycles. The smallest absolute Gasteiger partial charge is 0.309 e. The monoisotopic (exact) mass is 186 g/mol. The van der Waals surface area contributed by atoms with Crippen LogP contribution in [0.5, 0.6) is 0 Å². The van der Waals surface area contributed by atoms with E-state index in [1.807, 2.05) is 13.8 Å². The lowest BCUT2D eigenvalue weighted by Crippen LogP contribution is -2.40. The van der Waals surface area contributed by atoms with Crippen molar-refractivity contribution in [3.05, 3.63) is 0 Å². The van der Waals surface area contributed by atoms with E-state index in [2.05, 4.69) is 10.6 Å². The molecule has 0 aliphatic heterocycles. The first-order valence-electron chi connectivity index (χ1n) is 4.78. The third-order valence-corrected chi connectivity index (χ3v) is 1.56. The highest BCUT2D eigenvalue weighted by molar-refractivity contribution is 6.35. The van der Waals surface area contributed by atoms with E-state index in [4.69, 9.17) is 0 Å². The van der Waals surface area contributed by atoms with Crippen molar-refractivity contribution in [1.82, 2.24) is 10.6 Å². The molecule has 0 aromatic carbocycles. The molecule has 0 aromatic heterocycles. The van der Waals surface area contributed by atoms with Gasteiger partial charge in [0.2, 0.25) is 0 Å². The lowest BCUT2D eigenvalue weighted by atomic mass is 10.3. The number of carbonyl (C=O) groups excluding carboxylic acids is 2. The van der Waals surface area contributed by atoms with E-state index in [9.17, 15) is 9.59 Å². The fourth-order valence-electron chi connectivity index (χ4n) is 0.778. The summed E-state index contributed by atoms with van der Waals surface area (Å²) in [5, 5.41) is 5.05. The first-order chi connectivity index (χ1) is 6.22. The molecule has 0 spiro atoms.